The van der Waals surface area contributed by atoms with Crippen molar-refractivity contribution < 1.29 is 9.90 Å². The van der Waals surface area contributed by atoms with Gasteiger partial charge in [-0.3, -0.25) is 4.79 Å². The van der Waals surface area contributed by atoms with Gasteiger partial charge in [-0.05, 0) is 32.4 Å². The van der Waals surface area contributed by atoms with Gasteiger partial charge in [-0.25, -0.2) is 0 Å². The van der Waals surface area contributed by atoms with E-state index in [0.717, 1.165) is 14.6 Å². The number of benzene rings is 1. The maximum atomic E-state index is 12.3. The van der Waals surface area contributed by atoms with Crippen molar-refractivity contribution in [2.24, 2.45) is 0 Å². The van der Waals surface area contributed by atoms with Gasteiger partial charge >= 0.3 is 0 Å². The minimum Gasteiger partial charge on any atom is -0.397 e. The van der Waals surface area contributed by atoms with Crippen LogP contribution in [0.5, 0.6) is 0 Å². The summed E-state index contributed by atoms with van der Waals surface area (Å²) in [6.07, 6.45) is 0.0689. The molecule has 0 saturated heterocycles. The van der Waals surface area contributed by atoms with Crippen LogP contribution in [0.15, 0.2) is 22.7 Å². The quantitative estimate of drug-likeness (QED) is 0.787. The summed E-state index contributed by atoms with van der Waals surface area (Å²) in [7, 11) is 0. The molecule has 1 aromatic carbocycles. The van der Waals surface area contributed by atoms with Gasteiger partial charge in [0, 0.05) is 20.6 Å². The van der Waals surface area contributed by atoms with Crippen molar-refractivity contribution in [1.29, 1.82) is 0 Å². The SMILES string of the molecule is CC(O)CC(C)NC(=O)c1sc2cccc(Br)c2c1N. The zero-order chi connectivity index (χ0) is 14.9. The number of halogens is 1. The highest BCUT2D eigenvalue weighted by molar-refractivity contribution is 9.10. The van der Waals surface area contributed by atoms with Crippen LogP contribution in [-0.2, 0) is 0 Å². The van der Waals surface area contributed by atoms with E-state index < -0.39 is 6.10 Å². The molecule has 108 valence electrons. The van der Waals surface area contributed by atoms with Crippen LogP contribution in [0.3, 0.4) is 0 Å². The number of carbonyl (C=O) groups is 1. The Morgan fingerprint density at radius 2 is 2.20 bits per heavy atom. The summed E-state index contributed by atoms with van der Waals surface area (Å²) in [5.74, 6) is -0.191. The molecule has 1 amide bonds. The van der Waals surface area contributed by atoms with Gasteiger partial charge in [-0.15, -0.1) is 11.3 Å². The summed E-state index contributed by atoms with van der Waals surface area (Å²) in [5.41, 5.74) is 6.59. The number of anilines is 1. The van der Waals surface area contributed by atoms with Crippen molar-refractivity contribution in [2.75, 3.05) is 5.73 Å². The van der Waals surface area contributed by atoms with Crippen molar-refractivity contribution in [3.8, 4) is 0 Å². The van der Waals surface area contributed by atoms with E-state index in [-0.39, 0.29) is 11.9 Å². The first-order valence-electron chi connectivity index (χ1n) is 6.35. The third-order valence-corrected chi connectivity index (χ3v) is 4.81. The molecule has 0 bridgehead atoms. The largest absolute Gasteiger partial charge is 0.397 e. The van der Waals surface area contributed by atoms with Gasteiger partial charge in [0.05, 0.1) is 11.8 Å². The smallest absolute Gasteiger partial charge is 0.263 e. The molecule has 2 aromatic rings. The van der Waals surface area contributed by atoms with Gasteiger partial charge in [0.1, 0.15) is 4.88 Å². The fourth-order valence-corrected chi connectivity index (χ4v) is 3.92. The third kappa shape index (κ3) is 3.13. The number of nitrogens with two attached hydrogens (primary N) is 1. The number of hydrogen-bond acceptors (Lipinski definition) is 4. The molecule has 1 aromatic heterocycles. The van der Waals surface area contributed by atoms with Crippen molar-refractivity contribution in [3.63, 3.8) is 0 Å². The lowest BCUT2D eigenvalue weighted by molar-refractivity contribution is 0.0928. The summed E-state index contributed by atoms with van der Waals surface area (Å²) >= 11 is 4.83. The van der Waals surface area contributed by atoms with Gasteiger partial charge in [0.15, 0.2) is 0 Å². The Morgan fingerprint density at radius 3 is 2.80 bits per heavy atom. The third-order valence-electron chi connectivity index (χ3n) is 2.98. The Bertz CT molecular complexity index is 639. The average Bonchev–Trinajstić information content (AvgIpc) is 2.67. The molecule has 4 nitrogen and oxygen atoms in total. The summed E-state index contributed by atoms with van der Waals surface area (Å²) in [6.45, 7) is 3.57. The first-order chi connectivity index (χ1) is 9.40. The Hall–Kier alpha value is -1.11. The van der Waals surface area contributed by atoms with Gasteiger partial charge in [0.25, 0.3) is 5.91 Å². The zero-order valence-corrected chi connectivity index (χ0v) is 13.7. The predicted octanol–water partition coefficient (Wildman–Crippen LogP) is 3.14. The van der Waals surface area contributed by atoms with Crippen molar-refractivity contribution in [2.45, 2.75) is 32.4 Å². The number of thiophene rings is 1. The monoisotopic (exact) mass is 356 g/mol. The molecule has 0 spiro atoms. The maximum absolute atomic E-state index is 12.3. The molecule has 0 radical (unpaired) electrons. The Morgan fingerprint density at radius 1 is 1.50 bits per heavy atom. The van der Waals surface area contributed by atoms with Crippen LogP contribution >= 0.6 is 27.3 Å². The highest BCUT2D eigenvalue weighted by Crippen LogP contribution is 2.38. The predicted molar refractivity (Wildman–Crippen MR) is 87.2 cm³/mol. The van der Waals surface area contributed by atoms with E-state index in [4.69, 9.17) is 5.73 Å². The first kappa shape index (κ1) is 15.3. The molecule has 4 N–H and O–H groups in total. The lowest BCUT2D eigenvalue weighted by Gasteiger charge is -2.14. The van der Waals surface area contributed by atoms with Crippen LogP contribution in [0, 0.1) is 0 Å². The second-order valence-electron chi connectivity index (χ2n) is 4.92. The maximum Gasteiger partial charge on any atom is 0.263 e. The van der Waals surface area contributed by atoms with E-state index in [9.17, 15) is 9.90 Å². The van der Waals surface area contributed by atoms with Crippen LogP contribution < -0.4 is 11.1 Å². The van der Waals surface area contributed by atoms with Crippen LogP contribution in [-0.4, -0.2) is 23.2 Å². The average molecular weight is 357 g/mol. The van der Waals surface area contributed by atoms with Gasteiger partial charge in [-0.1, -0.05) is 22.0 Å². The number of amides is 1. The lowest BCUT2D eigenvalue weighted by Crippen LogP contribution is -2.34. The molecular weight excluding hydrogens is 340 g/mol. The molecule has 0 aliphatic rings. The molecule has 0 aliphatic heterocycles. The molecule has 0 saturated carbocycles. The molecule has 1 heterocycles. The summed E-state index contributed by atoms with van der Waals surface area (Å²) in [5, 5.41) is 13.1. The van der Waals surface area contributed by atoms with E-state index in [0.29, 0.717) is 17.0 Å². The van der Waals surface area contributed by atoms with Gasteiger partial charge < -0.3 is 16.2 Å². The standard InChI is InChI=1S/C14H17BrN2O2S/c1-7(6-8(2)18)17-14(19)13-12(16)11-9(15)4-3-5-10(11)20-13/h3-5,7-8,18H,6,16H2,1-2H3,(H,17,19). The summed E-state index contributed by atoms with van der Waals surface area (Å²) in [4.78, 5) is 12.8. The number of hydrogen-bond donors (Lipinski definition) is 3. The van der Waals surface area contributed by atoms with E-state index in [2.05, 4.69) is 21.2 Å². The fourth-order valence-electron chi connectivity index (χ4n) is 2.16. The minimum atomic E-state index is -0.445. The van der Waals surface area contributed by atoms with E-state index in [1.54, 1.807) is 6.92 Å². The number of rotatable bonds is 4. The molecule has 6 heteroatoms. The molecule has 0 fully saturated rings. The number of aliphatic hydroxyl groups is 1. The highest BCUT2D eigenvalue weighted by Gasteiger charge is 2.19. The summed E-state index contributed by atoms with van der Waals surface area (Å²) < 4.78 is 1.87. The second-order valence-corrected chi connectivity index (χ2v) is 6.82. The second kappa shape index (κ2) is 6.11. The molecule has 20 heavy (non-hydrogen) atoms. The zero-order valence-electron chi connectivity index (χ0n) is 11.3. The van der Waals surface area contributed by atoms with E-state index >= 15 is 0 Å². The van der Waals surface area contributed by atoms with Crippen molar-refractivity contribution >= 4 is 48.9 Å². The summed E-state index contributed by atoms with van der Waals surface area (Å²) in [6, 6.07) is 5.66. The lowest BCUT2D eigenvalue weighted by atomic mass is 10.1. The fraction of sp³-hybridized carbons (Fsp3) is 0.357. The normalized spacial score (nSPS) is 14.2. The number of nitrogen functional groups attached to an aromatic ring is 1. The highest BCUT2D eigenvalue weighted by atomic mass is 79.9. The molecular formula is C14H17BrN2O2S. The number of aliphatic hydroxyl groups excluding tert-OH is 1. The van der Waals surface area contributed by atoms with Crippen molar-refractivity contribution in [3.05, 3.63) is 27.5 Å². The van der Waals surface area contributed by atoms with Crippen LogP contribution in [0.2, 0.25) is 0 Å². The number of carbonyl (C=O) groups excluding carboxylic acids is 1. The van der Waals surface area contributed by atoms with Gasteiger partial charge in [-0.2, -0.15) is 0 Å². The Balaban J connectivity index is 2.27. The Labute approximate surface area is 130 Å². The van der Waals surface area contributed by atoms with Crippen LogP contribution in [0.1, 0.15) is 29.9 Å². The Kier molecular flexibility index (Phi) is 4.67. The number of fused-ring (bicyclic) bond motifs is 1. The van der Waals surface area contributed by atoms with Crippen LogP contribution in [0.25, 0.3) is 10.1 Å². The first-order valence-corrected chi connectivity index (χ1v) is 7.96. The molecule has 0 aliphatic carbocycles. The van der Waals surface area contributed by atoms with E-state index in [1.807, 2.05) is 25.1 Å². The topological polar surface area (TPSA) is 75.3 Å². The van der Waals surface area contributed by atoms with Crippen molar-refractivity contribution in [1.82, 2.24) is 5.32 Å². The van der Waals surface area contributed by atoms with Gasteiger partial charge in [0.2, 0.25) is 0 Å². The minimum absolute atomic E-state index is 0.101. The molecule has 2 atom stereocenters. The molecule has 2 rings (SSSR count). The molecule has 2 unspecified atom stereocenters. The van der Waals surface area contributed by atoms with Crippen LogP contribution in [0.4, 0.5) is 5.69 Å². The van der Waals surface area contributed by atoms with E-state index in [1.165, 1.54) is 11.3 Å². The number of nitrogens with one attached hydrogen (secondary N) is 1.